The van der Waals surface area contributed by atoms with Gasteiger partial charge >= 0.3 is 0 Å². The molecule has 0 heterocycles. The summed E-state index contributed by atoms with van der Waals surface area (Å²) < 4.78 is 0. The van der Waals surface area contributed by atoms with E-state index in [1.165, 1.54) is 0 Å². The van der Waals surface area contributed by atoms with Crippen LogP contribution in [0.5, 0.6) is 0 Å². The fraction of sp³-hybridized carbons (Fsp3) is 0.333. The Bertz CT molecular complexity index is 323. The second-order valence-corrected chi connectivity index (χ2v) is 4.16. The predicted octanol–water partition coefficient (Wildman–Crippen LogP) is 2.41. The molecule has 0 aliphatic heterocycles. The lowest BCUT2D eigenvalue weighted by atomic mass is 10.3. The smallest absolute Gasteiger partial charge is 0.0942 e. The molecule has 1 aromatic carbocycles. The van der Waals surface area contributed by atoms with Gasteiger partial charge < -0.3 is 15.5 Å². The standard InChI is InChI=1S/C9H10Cl3NO2/c10-7-1-5(2-8(11)9(7)12)13-3-6(15)4-14/h1-2,6,13-15H,3-4H2. The van der Waals surface area contributed by atoms with E-state index in [1.54, 1.807) is 12.1 Å². The highest BCUT2D eigenvalue weighted by atomic mass is 35.5. The van der Waals surface area contributed by atoms with Gasteiger partial charge in [-0.2, -0.15) is 0 Å². The molecular formula is C9H10Cl3NO2. The minimum absolute atomic E-state index is 0.213. The molecule has 1 atom stereocenters. The van der Waals surface area contributed by atoms with Crippen molar-refractivity contribution in [1.29, 1.82) is 0 Å². The molecule has 0 saturated carbocycles. The van der Waals surface area contributed by atoms with Crippen molar-refractivity contribution >= 4 is 40.5 Å². The van der Waals surface area contributed by atoms with E-state index in [4.69, 9.17) is 45.0 Å². The topological polar surface area (TPSA) is 52.5 Å². The van der Waals surface area contributed by atoms with Crippen molar-refractivity contribution in [1.82, 2.24) is 0 Å². The zero-order valence-corrected chi connectivity index (χ0v) is 9.94. The molecule has 1 rings (SSSR count). The van der Waals surface area contributed by atoms with Crippen LogP contribution in [-0.4, -0.2) is 29.5 Å². The van der Waals surface area contributed by atoms with Crippen LogP contribution in [0.25, 0.3) is 0 Å². The van der Waals surface area contributed by atoms with E-state index >= 15 is 0 Å². The molecule has 1 aromatic rings. The Balaban J connectivity index is 2.70. The van der Waals surface area contributed by atoms with Crippen molar-refractivity contribution in [2.75, 3.05) is 18.5 Å². The van der Waals surface area contributed by atoms with Gasteiger partial charge in [0.1, 0.15) is 0 Å². The molecule has 0 bridgehead atoms. The van der Waals surface area contributed by atoms with E-state index in [9.17, 15) is 0 Å². The zero-order valence-electron chi connectivity index (χ0n) is 7.67. The van der Waals surface area contributed by atoms with Crippen LogP contribution in [0.2, 0.25) is 15.1 Å². The third-order valence-corrected chi connectivity index (χ3v) is 2.93. The van der Waals surface area contributed by atoms with Gasteiger partial charge in [-0.1, -0.05) is 34.8 Å². The summed E-state index contributed by atoms with van der Waals surface area (Å²) in [6.07, 6.45) is -0.821. The first-order valence-corrected chi connectivity index (χ1v) is 5.35. The van der Waals surface area contributed by atoms with Crippen LogP contribution < -0.4 is 5.32 Å². The largest absolute Gasteiger partial charge is 0.394 e. The summed E-state index contributed by atoms with van der Waals surface area (Å²) in [5.41, 5.74) is 0.641. The molecule has 6 heteroatoms. The molecule has 3 nitrogen and oxygen atoms in total. The molecule has 84 valence electrons. The van der Waals surface area contributed by atoms with Gasteiger partial charge in [0.2, 0.25) is 0 Å². The van der Waals surface area contributed by atoms with E-state index in [0.717, 1.165) is 0 Å². The summed E-state index contributed by atoms with van der Waals surface area (Å²) >= 11 is 17.4. The fourth-order valence-electron chi connectivity index (χ4n) is 0.958. The summed E-state index contributed by atoms with van der Waals surface area (Å²) in [7, 11) is 0. The van der Waals surface area contributed by atoms with Gasteiger partial charge in [-0.3, -0.25) is 0 Å². The van der Waals surface area contributed by atoms with E-state index in [-0.39, 0.29) is 13.2 Å². The Labute approximate surface area is 103 Å². The van der Waals surface area contributed by atoms with Crippen LogP contribution in [0.15, 0.2) is 12.1 Å². The molecule has 0 amide bonds. The molecule has 0 aromatic heterocycles. The molecule has 0 radical (unpaired) electrons. The number of nitrogens with one attached hydrogen (secondary N) is 1. The van der Waals surface area contributed by atoms with E-state index in [2.05, 4.69) is 5.32 Å². The lowest BCUT2D eigenvalue weighted by Crippen LogP contribution is -2.22. The van der Waals surface area contributed by atoms with Crippen LogP contribution in [0.1, 0.15) is 0 Å². The van der Waals surface area contributed by atoms with Gasteiger partial charge in [-0.05, 0) is 12.1 Å². The number of hydrogen-bond donors (Lipinski definition) is 3. The Hall–Kier alpha value is -0.190. The number of halogens is 3. The first-order valence-electron chi connectivity index (χ1n) is 4.22. The molecule has 0 aliphatic rings. The number of aliphatic hydroxyl groups excluding tert-OH is 2. The fourth-order valence-corrected chi connectivity index (χ4v) is 1.55. The average molecular weight is 271 g/mol. The first-order chi connectivity index (χ1) is 7.04. The molecule has 15 heavy (non-hydrogen) atoms. The molecule has 0 aliphatic carbocycles. The Morgan fingerprint density at radius 2 is 1.73 bits per heavy atom. The Kier molecular flexibility index (Phi) is 4.96. The van der Waals surface area contributed by atoms with E-state index < -0.39 is 6.10 Å². The van der Waals surface area contributed by atoms with Gasteiger partial charge in [-0.25, -0.2) is 0 Å². The monoisotopic (exact) mass is 269 g/mol. The second kappa shape index (κ2) is 5.77. The maximum atomic E-state index is 9.11. The van der Waals surface area contributed by atoms with Crippen molar-refractivity contribution in [2.45, 2.75) is 6.10 Å². The highest BCUT2D eigenvalue weighted by molar-refractivity contribution is 6.48. The maximum Gasteiger partial charge on any atom is 0.0942 e. The summed E-state index contributed by atoms with van der Waals surface area (Å²) in [5.74, 6) is 0. The number of hydrogen-bond acceptors (Lipinski definition) is 3. The number of rotatable bonds is 4. The van der Waals surface area contributed by atoms with Crippen molar-refractivity contribution < 1.29 is 10.2 Å². The van der Waals surface area contributed by atoms with Gasteiger partial charge in [0, 0.05) is 12.2 Å². The minimum atomic E-state index is -0.821. The van der Waals surface area contributed by atoms with Gasteiger partial charge in [0.25, 0.3) is 0 Å². The zero-order chi connectivity index (χ0) is 11.4. The molecule has 0 spiro atoms. The molecule has 0 fully saturated rings. The van der Waals surface area contributed by atoms with Gasteiger partial charge in [0.05, 0.1) is 27.8 Å². The van der Waals surface area contributed by atoms with Gasteiger partial charge in [-0.15, -0.1) is 0 Å². The number of benzene rings is 1. The molecular weight excluding hydrogens is 260 g/mol. The molecule has 3 N–H and O–H groups in total. The van der Waals surface area contributed by atoms with Crippen LogP contribution in [-0.2, 0) is 0 Å². The van der Waals surface area contributed by atoms with Crippen molar-refractivity contribution in [3.05, 3.63) is 27.2 Å². The Morgan fingerprint density at radius 1 is 1.20 bits per heavy atom. The lowest BCUT2D eigenvalue weighted by Gasteiger charge is -2.11. The maximum absolute atomic E-state index is 9.11. The lowest BCUT2D eigenvalue weighted by molar-refractivity contribution is 0.105. The Morgan fingerprint density at radius 3 is 2.20 bits per heavy atom. The average Bonchev–Trinajstić information content (AvgIpc) is 2.22. The summed E-state index contributed by atoms with van der Waals surface area (Å²) in [4.78, 5) is 0. The minimum Gasteiger partial charge on any atom is -0.394 e. The third kappa shape index (κ3) is 3.70. The highest BCUT2D eigenvalue weighted by Gasteiger charge is 2.07. The van der Waals surface area contributed by atoms with Crippen LogP contribution in [0, 0.1) is 0 Å². The highest BCUT2D eigenvalue weighted by Crippen LogP contribution is 2.32. The summed E-state index contributed by atoms with van der Waals surface area (Å²) in [6, 6.07) is 3.19. The van der Waals surface area contributed by atoms with Crippen LogP contribution >= 0.6 is 34.8 Å². The molecule has 0 saturated heterocycles. The predicted molar refractivity (Wildman–Crippen MR) is 63.1 cm³/mol. The second-order valence-electron chi connectivity index (χ2n) is 2.97. The summed E-state index contributed by atoms with van der Waals surface area (Å²) in [6.45, 7) is -0.0904. The number of aliphatic hydroxyl groups is 2. The summed E-state index contributed by atoms with van der Waals surface area (Å²) in [5, 5.41) is 21.6. The number of anilines is 1. The van der Waals surface area contributed by atoms with Crippen molar-refractivity contribution in [3.63, 3.8) is 0 Å². The van der Waals surface area contributed by atoms with Crippen LogP contribution in [0.3, 0.4) is 0 Å². The molecule has 1 unspecified atom stereocenters. The SMILES string of the molecule is OCC(O)CNc1cc(Cl)c(Cl)c(Cl)c1. The van der Waals surface area contributed by atoms with Crippen LogP contribution in [0.4, 0.5) is 5.69 Å². The first kappa shape index (κ1) is 12.9. The quantitative estimate of drug-likeness (QED) is 0.737. The third-order valence-electron chi connectivity index (χ3n) is 1.74. The van der Waals surface area contributed by atoms with E-state index in [1.807, 2.05) is 0 Å². The van der Waals surface area contributed by atoms with Crippen molar-refractivity contribution in [2.24, 2.45) is 0 Å². The van der Waals surface area contributed by atoms with E-state index in [0.29, 0.717) is 20.8 Å². The van der Waals surface area contributed by atoms with Crippen molar-refractivity contribution in [3.8, 4) is 0 Å². The normalized spacial score (nSPS) is 12.6. The van der Waals surface area contributed by atoms with Gasteiger partial charge in [0.15, 0.2) is 0 Å².